The molecule has 0 radical (unpaired) electrons. The monoisotopic (exact) mass is 716 g/mol. The SMILES string of the molecule is CC(C)(C)OC(=O)N[C@]1(C(=O)NC2CC2)CCN(c2cc(C=O)c(F)c(Cl)c2Cn2cnc3c(N(C(=O)O)C(=O)OC(C)(C)C)ncnc32)C1. The van der Waals surface area contributed by atoms with Gasteiger partial charge < -0.3 is 34.7 Å². The third-order valence-electron chi connectivity index (χ3n) is 7.83. The number of fused-ring (bicyclic) bond motifs is 1. The fraction of sp³-hybridized carbons (Fsp3) is 0.500. The number of nitrogens with zero attached hydrogens (tertiary/aromatic N) is 6. The van der Waals surface area contributed by atoms with E-state index in [1.165, 1.54) is 17.0 Å². The summed E-state index contributed by atoms with van der Waals surface area (Å²) >= 11 is 6.58. The number of anilines is 2. The Bertz CT molecular complexity index is 1870. The summed E-state index contributed by atoms with van der Waals surface area (Å²) in [7, 11) is 0. The van der Waals surface area contributed by atoms with Gasteiger partial charge in [-0.2, -0.15) is 4.90 Å². The van der Waals surface area contributed by atoms with Crippen LogP contribution in [0.15, 0.2) is 18.7 Å². The number of imidazole rings is 1. The van der Waals surface area contributed by atoms with Crippen LogP contribution in [-0.4, -0.2) is 91.0 Å². The number of hydrogen-bond donors (Lipinski definition) is 3. The van der Waals surface area contributed by atoms with Crippen molar-refractivity contribution in [2.24, 2.45) is 0 Å². The Kier molecular flexibility index (Phi) is 9.66. The molecule has 268 valence electrons. The summed E-state index contributed by atoms with van der Waals surface area (Å²) in [5.41, 5.74) is -3.16. The molecule has 2 fully saturated rings. The lowest BCUT2D eigenvalue weighted by molar-refractivity contribution is -0.127. The Morgan fingerprint density at radius 1 is 1.12 bits per heavy atom. The standard InChI is InChI=1S/C32H38ClFN8O8/c1-30(2,3)49-27(45)39-32(26(44)38-18-7-8-18)9-10-40(14-32)20-11-17(13-43)22(34)21(33)19(20)12-41-16-37-23-24(41)35-15-36-25(23)42(28(46)47)29(48)50-31(4,5)6/h11,13,15-16,18H,7-10,12,14H2,1-6H3,(H,38,44)(H,39,45)(H,46,47)/t32-/m1/s1. The molecule has 1 aromatic carbocycles. The zero-order valence-corrected chi connectivity index (χ0v) is 29.1. The Balaban J connectivity index is 1.53. The Morgan fingerprint density at radius 2 is 1.80 bits per heavy atom. The Hall–Kier alpha value is -5.06. The number of carbonyl (C=O) groups excluding carboxylic acids is 4. The van der Waals surface area contributed by atoms with E-state index in [0.29, 0.717) is 16.9 Å². The number of halogens is 2. The zero-order chi connectivity index (χ0) is 36.8. The van der Waals surface area contributed by atoms with E-state index in [0.717, 1.165) is 19.2 Å². The Labute approximate surface area is 291 Å². The average molecular weight is 717 g/mol. The summed E-state index contributed by atoms with van der Waals surface area (Å²) in [6.07, 6.45) is 0.729. The molecule has 16 nitrogen and oxygen atoms in total. The van der Waals surface area contributed by atoms with Crippen molar-refractivity contribution in [3.63, 3.8) is 0 Å². The number of ether oxygens (including phenoxy) is 2. The minimum absolute atomic E-state index is 0.0138. The third kappa shape index (κ3) is 7.72. The van der Waals surface area contributed by atoms with E-state index in [-0.39, 0.29) is 65.2 Å². The van der Waals surface area contributed by atoms with Crippen LogP contribution in [0.1, 0.15) is 76.7 Å². The zero-order valence-electron chi connectivity index (χ0n) is 28.4. The molecule has 5 rings (SSSR count). The van der Waals surface area contributed by atoms with Crippen molar-refractivity contribution in [3.8, 4) is 0 Å². The van der Waals surface area contributed by atoms with E-state index < -0.39 is 46.7 Å². The van der Waals surface area contributed by atoms with Crippen LogP contribution in [0.5, 0.6) is 0 Å². The van der Waals surface area contributed by atoms with E-state index >= 15 is 4.39 Å². The summed E-state index contributed by atoms with van der Waals surface area (Å²) in [6.45, 7) is 9.73. The molecular weight excluding hydrogens is 679 g/mol. The van der Waals surface area contributed by atoms with Gasteiger partial charge in [0.1, 0.15) is 23.1 Å². The molecule has 50 heavy (non-hydrogen) atoms. The number of imide groups is 1. The van der Waals surface area contributed by atoms with Crippen LogP contribution in [0.4, 0.5) is 30.3 Å². The third-order valence-corrected chi connectivity index (χ3v) is 8.22. The lowest BCUT2D eigenvalue weighted by Crippen LogP contribution is -2.61. The van der Waals surface area contributed by atoms with E-state index in [9.17, 15) is 29.1 Å². The molecule has 2 aliphatic rings. The highest BCUT2D eigenvalue weighted by molar-refractivity contribution is 6.32. The summed E-state index contributed by atoms with van der Waals surface area (Å²) in [5.74, 6) is -1.76. The molecule has 3 heterocycles. The van der Waals surface area contributed by atoms with E-state index in [1.54, 1.807) is 46.4 Å². The number of amides is 4. The number of benzene rings is 1. The van der Waals surface area contributed by atoms with Crippen LogP contribution in [-0.2, 0) is 20.8 Å². The van der Waals surface area contributed by atoms with Gasteiger partial charge in [0.2, 0.25) is 5.91 Å². The highest BCUT2D eigenvalue weighted by Crippen LogP contribution is 2.38. The topological polar surface area (TPSA) is 198 Å². The molecule has 3 N–H and O–H groups in total. The number of aromatic nitrogens is 4. The molecule has 1 aliphatic heterocycles. The lowest BCUT2D eigenvalue weighted by atomic mass is 9.97. The van der Waals surface area contributed by atoms with Crippen molar-refractivity contribution in [3.05, 3.63) is 40.7 Å². The van der Waals surface area contributed by atoms with Gasteiger partial charge >= 0.3 is 18.3 Å². The Morgan fingerprint density at radius 3 is 2.40 bits per heavy atom. The van der Waals surface area contributed by atoms with Crippen molar-refractivity contribution in [1.82, 2.24) is 30.2 Å². The number of carboxylic acid groups (broad SMARTS) is 1. The van der Waals surface area contributed by atoms with Gasteiger partial charge in [-0.15, -0.1) is 0 Å². The first-order valence-corrected chi connectivity index (χ1v) is 16.2. The number of hydrogen-bond acceptors (Lipinski definition) is 11. The first-order chi connectivity index (χ1) is 23.3. The minimum Gasteiger partial charge on any atom is -0.464 e. The van der Waals surface area contributed by atoms with Crippen LogP contribution in [0, 0.1) is 5.82 Å². The smallest absolute Gasteiger partial charge is 0.425 e. The van der Waals surface area contributed by atoms with E-state index in [4.69, 9.17) is 21.1 Å². The summed E-state index contributed by atoms with van der Waals surface area (Å²) in [5, 5.41) is 15.2. The van der Waals surface area contributed by atoms with E-state index in [1.807, 2.05) is 0 Å². The number of aldehydes is 1. The number of nitrogens with one attached hydrogen (secondary N) is 2. The van der Waals surface area contributed by atoms with Crippen molar-refractivity contribution >= 4 is 64.7 Å². The second-order valence-corrected chi connectivity index (χ2v) is 14.6. The molecule has 0 unspecified atom stereocenters. The van der Waals surface area contributed by atoms with E-state index in [2.05, 4.69) is 25.6 Å². The number of carbonyl (C=O) groups is 5. The van der Waals surface area contributed by atoms with Crippen LogP contribution in [0.2, 0.25) is 5.02 Å². The van der Waals surface area contributed by atoms with Gasteiger partial charge in [0.25, 0.3) is 0 Å². The van der Waals surface area contributed by atoms with Gasteiger partial charge in [0, 0.05) is 23.8 Å². The van der Waals surface area contributed by atoms with Crippen LogP contribution in [0.3, 0.4) is 0 Å². The molecule has 18 heteroatoms. The molecule has 1 aliphatic carbocycles. The highest BCUT2D eigenvalue weighted by atomic mass is 35.5. The maximum atomic E-state index is 15.4. The van der Waals surface area contributed by atoms with Gasteiger partial charge in [0.15, 0.2) is 29.1 Å². The second-order valence-electron chi connectivity index (χ2n) is 14.2. The number of rotatable bonds is 8. The number of alkyl carbamates (subject to hydrolysis) is 1. The van der Waals surface area contributed by atoms with Crippen molar-refractivity contribution in [2.45, 2.75) is 90.1 Å². The molecule has 0 bridgehead atoms. The van der Waals surface area contributed by atoms with Crippen molar-refractivity contribution < 1.29 is 42.9 Å². The summed E-state index contributed by atoms with van der Waals surface area (Å²) in [4.78, 5) is 78.0. The first-order valence-electron chi connectivity index (χ1n) is 15.8. The van der Waals surface area contributed by atoms with Crippen LogP contribution >= 0.6 is 11.6 Å². The van der Waals surface area contributed by atoms with Gasteiger partial charge in [-0.25, -0.2) is 33.7 Å². The summed E-state index contributed by atoms with van der Waals surface area (Å²) in [6, 6.07) is 1.29. The predicted octanol–water partition coefficient (Wildman–Crippen LogP) is 4.65. The largest absolute Gasteiger partial charge is 0.464 e. The molecule has 3 aromatic rings. The first kappa shape index (κ1) is 36.2. The van der Waals surface area contributed by atoms with Crippen molar-refractivity contribution in [1.29, 1.82) is 0 Å². The second kappa shape index (κ2) is 13.3. The molecule has 2 aromatic heterocycles. The van der Waals surface area contributed by atoms with Gasteiger partial charge in [-0.05, 0) is 66.9 Å². The highest BCUT2D eigenvalue weighted by Gasteiger charge is 2.48. The van der Waals surface area contributed by atoms with Gasteiger partial charge in [-0.3, -0.25) is 9.59 Å². The van der Waals surface area contributed by atoms with Crippen molar-refractivity contribution in [2.75, 3.05) is 22.9 Å². The fourth-order valence-corrected chi connectivity index (χ4v) is 5.74. The molecule has 1 saturated carbocycles. The van der Waals surface area contributed by atoms with Gasteiger partial charge in [0.05, 0.1) is 30.0 Å². The quantitative estimate of drug-likeness (QED) is 0.273. The normalized spacial score (nSPS) is 17.7. The maximum Gasteiger partial charge on any atom is 0.425 e. The van der Waals surface area contributed by atoms with Gasteiger partial charge in [-0.1, -0.05) is 11.6 Å². The molecule has 4 amide bonds. The van der Waals surface area contributed by atoms with Crippen LogP contribution in [0.25, 0.3) is 11.2 Å². The van der Waals surface area contributed by atoms with Crippen LogP contribution < -0.4 is 20.4 Å². The fourth-order valence-electron chi connectivity index (χ4n) is 5.48. The molecule has 0 spiro atoms. The predicted molar refractivity (Wildman–Crippen MR) is 178 cm³/mol. The molecule has 1 atom stereocenters. The maximum absolute atomic E-state index is 15.4. The molecule has 1 saturated heterocycles. The lowest BCUT2D eigenvalue weighted by Gasteiger charge is -2.32. The average Bonchev–Trinajstić information content (AvgIpc) is 3.55. The minimum atomic E-state index is -1.67. The molecular formula is C32H38ClFN8O8. The summed E-state index contributed by atoms with van der Waals surface area (Å²) < 4.78 is 27.6.